The number of carbonyl (C=O) groups excluding carboxylic acids is 2. The lowest BCUT2D eigenvalue weighted by Crippen LogP contribution is -2.34. The van der Waals surface area contributed by atoms with Crippen LogP contribution in [0, 0.1) is 11.8 Å². The number of nitrogens with one attached hydrogen (secondary N) is 2. The van der Waals surface area contributed by atoms with Gasteiger partial charge in [0.1, 0.15) is 0 Å². The minimum Gasteiger partial charge on any atom is -0.349 e. The third-order valence-corrected chi connectivity index (χ3v) is 4.79. The van der Waals surface area contributed by atoms with Crippen molar-refractivity contribution in [2.75, 3.05) is 0 Å². The maximum atomic E-state index is 12.1. The molecule has 118 valence electrons. The average Bonchev–Trinajstić information content (AvgIpc) is 3.40. The molecular weight excluding hydrogens is 276 g/mol. The van der Waals surface area contributed by atoms with Gasteiger partial charge in [-0.05, 0) is 75.6 Å². The molecule has 0 bridgehead atoms. The van der Waals surface area contributed by atoms with E-state index in [9.17, 15) is 9.59 Å². The highest BCUT2D eigenvalue weighted by Crippen LogP contribution is 2.33. The summed E-state index contributed by atoms with van der Waals surface area (Å²) in [4.78, 5) is 24.3. The SMILES string of the molecule is CC(NC(=O)c1ccc(C(=O)NC(C)C2CC2)cc1)C1CC1. The molecule has 1 aromatic rings. The van der Waals surface area contributed by atoms with Gasteiger partial charge in [0.25, 0.3) is 11.8 Å². The first-order valence-corrected chi connectivity index (χ1v) is 8.26. The van der Waals surface area contributed by atoms with Crippen molar-refractivity contribution in [1.29, 1.82) is 0 Å². The molecule has 0 aliphatic heterocycles. The molecule has 2 aliphatic rings. The summed E-state index contributed by atoms with van der Waals surface area (Å²) in [6.45, 7) is 4.10. The predicted molar refractivity (Wildman–Crippen MR) is 85.7 cm³/mol. The van der Waals surface area contributed by atoms with Crippen molar-refractivity contribution in [1.82, 2.24) is 10.6 Å². The van der Waals surface area contributed by atoms with Gasteiger partial charge in [0.05, 0.1) is 0 Å². The van der Waals surface area contributed by atoms with Gasteiger partial charge in [0.2, 0.25) is 0 Å². The zero-order chi connectivity index (χ0) is 15.7. The van der Waals surface area contributed by atoms with Crippen LogP contribution in [0.1, 0.15) is 60.2 Å². The molecule has 0 radical (unpaired) electrons. The molecule has 0 heterocycles. The van der Waals surface area contributed by atoms with E-state index in [4.69, 9.17) is 0 Å². The molecular formula is C18H24N2O2. The monoisotopic (exact) mass is 300 g/mol. The van der Waals surface area contributed by atoms with Crippen molar-refractivity contribution >= 4 is 11.8 Å². The molecule has 22 heavy (non-hydrogen) atoms. The van der Waals surface area contributed by atoms with Crippen LogP contribution >= 0.6 is 0 Å². The van der Waals surface area contributed by atoms with Crippen LogP contribution in [-0.2, 0) is 0 Å². The maximum Gasteiger partial charge on any atom is 0.251 e. The number of hydrogen-bond donors (Lipinski definition) is 2. The van der Waals surface area contributed by atoms with Gasteiger partial charge in [-0.15, -0.1) is 0 Å². The highest BCUT2D eigenvalue weighted by molar-refractivity contribution is 5.98. The van der Waals surface area contributed by atoms with E-state index in [1.807, 2.05) is 0 Å². The Morgan fingerprint density at radius 1 is 0.818 bits per heavy atom. The van der Waals surface area contributed by atoms with Crippen LogP contribution in [0.15, 0.2) is 24.3 Å². The molecule has 2 fully saturated rings. The number of hydrogen-bond acceptors (Lipinski definition) is 2. The minimum absolute atomic E-state index is 0.0577. The first kappa shape index (κ1) is 15.1. The lowest BCUT2D eigenvalue weighted by atomic mass is 10.1. The van der Waals surface area contributed by atoms with E-state index in [0.29, 0.717) is 23.0 Å². The summed E-state index contributed by atoms with van der Waals surface area (Å²) >= 11 is 0. The molecule has 2 unspecified atom stereocenters. The summed E-state index contributed by atoms with van der Waals surface area (Å²) in [6, 6.07) is 7.37. The maximum absolute atomic E-state index is 12.1. The summed E-state index contributed by atoms with van der Waals surface area (Å²) in [6.07, 6.45) is 4.83. The Hall–Kier alpha value is -1.84. The van der Waals surface area contributed by atoms with Crippen molar-refractivity contribution in [3.8, 4) is 0 Å². The fourth-order valence-corrected chi connectivity index (χ4v) is 2.78. The smallest absolute Gasteiger partial charge is 0.251 e. The molecule has 0 saturated heterocycles. The van der Waals surface area contributed by atoms with E-state index >= 15 is 0 Å². The summed E-state index contributed by atoms with van der Waals surface area (Å²) in [5.41, 5.74) is 1.22. The Balaban J connectivity index is 1.56. The van der Waals surface area contributed by atoms with Gasteiger partial charge in [-0.2, -0.15) is 0 Å². The molecule has 2 aliphatic carbocycles. The molecule has 0 aromatic heterocycles. The average molecular weight is 300 g/mol. The van der Waals surface area contributed by atoms with Crippen LogP contribution in [0.25, 0.3) is 0 Å². The van der Waals surface area contributed by atoms with Crippen molar-refractivity contribution < 1.29 is 9.59 Å². The summed E-state index contributed by atoms with van der Waals surface area (Å²) in [7, 11) is 0. The molecule has 2 N–H and O–H groups in total. The van der Waals surface area contributed by atoms with Crippen LogP contribution in [0.5, 0.6) is 0 Å². The Morgan fingerprint density at radius 3 is 1.41 bits per heavy atom. The fraction of sp³-hybridized carbons (Fsp3) is 0.556. The number of amides is 2. The molecule has 2 atom stereocenters. The third-order valence-electron chi connectivity index (χ3n) is 4.79. The summed E-state index contributed by atoms with van der Waals surface area (Å²) in [5, 5.41) is 6.05. The van der Waals surface area contributed by atoms with Gasteiger partial charge < -0.3 is 10.6 Å². The molecule has 2 amide bonds. The van der Waals surface area contributed by atoms with Gasteiger partial charge in [-0.3, -0.25) is 9.59 Å². The highest BCUT2D eigenvalue weighted by atomic mass is 16.2. The zero-order valence-electron chi connectivity index (χ0n) is 13.3. The summed E-state index contributed by atoms with van der Waals surface area (Å²) in [5.74, 6) is 1.16. The molecule has 4 nitrogen and oxygen atoms in total. The van der Waals surface area contributed by atoms with Crippen molar-refractivity contribution in [3.05, 3.63) is 35.4 Å². The number of carbonyl (C=O) groups is 2. The largest absolute Gasteiger partial charge is 0.349 e. The Kier molecular flexibility index (Phi) is 4.19. The van der Waals surface area contributed by atoms with Crippen molar-refractivity contribution in [2.45, 2.75) is 51.6 Å². The van der Waals surface area contributed by atoms with Gasteiger partial charge in [-0.1, -0.05) is 0 Å². The van der Waals surface area contributed by atoms with Crippen LogP contribution < -0.4 is 10.6 Å². The number of rotatable bonds is 6. The first-order chi connectivity index (χ1) is 10.5. The van der Waals surface area contributed by atoms with Crippen molar-refractivity contribution in [3.63, 3.8) is 0 Å². The van der Waals surface area contributed by atoms with Crippen molar-refractivity contribution in [2.24, 2.45) is 11.8 Å². The van der Waals surface area contributed by atoms with Gasteiger partial charge in [-0.25, -0.2) is 0 Å². The van der Waals surface area contributed by atoms with Crippen LogP contribution in [0.4, 0.5) is 0 Å². The second kappa shape index (κ2) is 6.11. The van der Waals surface area contributed by atoms with E-state index in [0.717, 1.165) is 0 Å². The molecule has 3 rings (SSSR count). The van der Waals surface area contributed by atoms with E-state index in [1.54, 1.807) is 24.3 Å². The first-order valence-electron chi connectivity index (χ1n) is 8.26. The van der Waals surface area contributed by atoms with Crippen LogP contribution in [0.3, 0.4) is 0 Å². The Morgan fingerprint density at radius 2 is 1.14 bits per heavy atom. The lowest BCUT2D eigenvalue weighted by Gasteiger charge is -2.14. The zero-order valence-corrected chi connectivity index (χ0v) is 13.3. The lowest BCUT2D eigenvalue weighted by molar-refractivity contribution is 0.0923. The predicted octanol–water partition coefficient (Wildman–Crippen LogP) is 2.74. The molecule has 2 saturated carbocycles. The van der Waals surface area contributed by atoms with E-state index in [2.05, 4.69) is 24.5 Å². The van der Waals surface area contributed by atoms with Gasteiger partial charge >= 0.3 is 0 Å². The van der Waals surface area contributed by atoms with E-state index in [-0.39, 0.29) is 23.9 Å². The van der Waals surface area contributed by atoms with Crippen LogP contribution in [0.2, 0.25) is 0 Å². The molecule has 1 aromatic carbocycles. The van der Waals surface area contributed by atoms with E-state index < -0.39 is 0 Å². The number of benzene rings is 1. The Labute approximate surface area is 131 Å². The minimum atomic E-state index is -0.0577. The van der Waals surface area contributed by atoms with Crippen LogP contribution in [-0.4, -0.2) is 23.9 Å². The van der Waals surface area contributed by atoms with Gasteiger partial charge in [0.15, 0.2) is 0 Å². The Bertz CT molecular complexity index is 508. The second-order valence-corrected chi connectivity index (χ2v) is 6.78. The fourth-order valence-electron chi connectivity index (χ4n) is 2.78. The highest BCUT2D eigenvalue weighted by Gasteiger charge is 2.30. The topological polar surface area (TPSA) is 58.2 Å². The quantitative estimate of drug-likeness (QED) is 0.848. The van der Waals surface area contributed by atoms with Gasteiger partial charge in [0, 0.05) is 23.2 Å². The molecule has 0 spiro atoms. The third kappa shape index (κ3) is 3.67. The molecule has 4 heteroatoms. The van der Waals surface area contributed by atoms with E-state index in [1.165, 1.54) is 25.7 Å². The normalized spacial score (nSPS) is 20.1. The second-order valence-electron chi connectivity index (χ2n) is 6.78. The summed E-state index contributed by atoms with van der Waals surface area (Å²) < 4.78 is 0. The standard InChI is InChI=1S/C18H24N2O2/c1-11(13-3-4-13)19-17(21)15-7-9-16(10-8-15)18(22)20-12(2)14-5-6-14/h7-14H,3-6H2,1-2H3,(H,19,21)(H,20,22).